The standard InChI is InChI=1S/C14H13N3O4S/c1-16-7-6-11-12(8-16)22-13(15-11)14(18)21-10-4-2-9(3-5-10)17(19)20/h2-5H,6-8H2,1H3. The van der Waals surface area contributed by atoms with Crippen molar-refractivity contribution in [1.82, 2.24) is 9.88 Å². The van der Waals surface area contributed by atoms with Crippen molar-refractivity contribution >= 4 is 23.0 Å². The van der Waals surface area contributed by atoms with E-state index in [0.29, 0.717) is 5.01 Å². The number of rotatable bonds is 3. The molecular formula is C14H13N3O4S. The lowest BCUT2D eigenvalue weighted by atomic mass is 10.2. The first kappa shape index (κ1) is 14.6. The number of thiazole rings is 1. The summed E-state index contributed by atoms with van der Waals surface area (Å²) in [5.74, 6) is -0.267. The molecule has 1 aliphatic heterocycles. The predicted octanol–water partition coefficient (Wildman–Crippen LogP) is 2.26. The van der Waals surface area contributed by atoms with E-state index in [0.717, 1.165) is 30.1 Å². The maximum absolute atomic E-state index is 12.1. The number of aromatic nitrogens is 1. The van der Waals surface area contributed by atoms with Crippen molar-refractivity contribution in [1.29, 1.82) is 0 Å². The molecule has 1 aromatic carbocycles. The van der Waals surface area contributed by atoms with Crippen molar-refractivity contribution in [2.75, 3.05) is 13.6 Å². The Morgan fingerprint density at radius 1 is 1.41 bits per heavy atom. The number of nitro benzene ring substituents is 1. The van der Waals surface area contributed by atoms with Crippen molar-refractivity contribution in [2.45, 2.75) is 13.0 Å². The Bertz CT molecular complexity index is 726. The number of esters is 1. The number of nitrogens with zero attached hydrogens (tertiary/aromatic N) is 3. The zero-order valence-electron chi connectivity index (χ0n) is 11.8. The number of ether oxygens (including phenoxy) is 1. The van der Waals surface area contributed by atoms with E-state index in [-0.39, 0.29) is 11.4 Å². The van der Waals surface area contributed by atoms with Crippen molar-refractivity contribution < 1.29 is 14.5 Å². The maximum Gasteiger partial charge on any atom is 0.372 e. The fourth-order valence-electron chi connectivity index (χ4n) is 2.20. The van der Waals surface area contributed by atoms with Gasteiger partial charge in [0.1, 0.15) is 5.75 Å². The topological polar surface area (TPSA) is 85.6 Å². The highest BCUT2D eigenvalue weighted by molar-refractivity contribution is 7.13. The molecule has 8 heteroatoms. The van der Waals surface area contributed by atoms with E-state index in [1.807, 2.05) is 7.05 Å². The van der Waals surface area contributed by atoms with Crippen molar-refractivity contribution in [3.8, 4) is 5.75 Å². The molecule has 0 saturated carbocycles. The fourth-order valence-corrected chi connectivity index (χ4v) is 3.26. The highest BCUT2D eigenvalue weighted by atomic mass is 32.1. The van der Waals surface area contributed by atoms with E-state index in [9.17, 15) is 14.9 Å². The summed E-state index contributed by atoms with van der Waals surface area (Å²) < 4.78 is 5.21. The SMILES string of the molecule is CN1CCc2nc(C(=O)Oc3ccc([N+](=O)[O-])cc3)sc2C1. The van der Waals surface area contributed by atoms with E-state index < -0.39 is 10.9 Å². The van der Waals surface area contributed by atoms with Crippen LogP contribution in [0.4, 0.5) is 5.69 Å². The number of hydrogen-bond acceptors (Lipinski definition) is 7. The molecule has 2 aromatic rings. The third-order valence-electron chi connectivity index (χ3n) is 3.35. The zero-order chi connectivity index (χ0) is 15.7. The van der Waals surface area contributed by atoms with Gasteiger partial charge in [0.05, 0.1) is 10.6 Å². The first-order chi connectivity index (χ1) is 10.5. The fraction of sp³-hybridized carbons (Fsp3) is 0.286. The monoisotopic (exact) mass is 319 g/mol. The molecule has 0 saturated heterocycles. The van der Waals surface area contributed by atoms with E-state index in [1.54, 1.807) is 0 Å². The Labute approximate surface area is 130 Å². The van der Waals surface area contributed by atoms with Gasteiger partial charge in [0.2, 0.25) is 5.01 Å². The molecule has 114 valence electrons. The van der Waals surface area contributed by atoms with Gasteiger partial charge < -0.3 is 9.64 Å². The number of carbonyl (C=O) groups excluding carboxylic acids is 1. The molecule has 0 radical (unpaired) electrons. The van der Waals surface area contributed by atoms with Crippen LogP contribution in [-0.2, 0) is 13.0 Å². The minimum atomic E-state index is -0.532. The molecule has 0 N–H and O–H groups in total. The van der Waals surface area contributed by atoms with Gasteiger partial charge in [-0.25, -0.2) is 9.78 Å². The molecule has 0 unspecified atom stereocenters. The van der Waals surface area contributed by atoms with Crippen molar-refractivity contribution in [2.24, 2.45) is 0 Å². The summed E-state index contributed by atoms with van der Waals surface area (Å²) in [6.45, 7) is 1.71. The summed E-state index contributed by atoms with van der Waals surface area (Å²) in [6, 6.07) is 5.39. The van der Waals surface area contributed by atoms with Crippen LogP contribution in [0.5, 0.6) is 5.75 Å². The van der Waals surface area contributed by atoms with Crippen LogP contribution >= 0.6 is 11.3 Å². The van der Waals surface area contributed by atoms with Gasteiger partial charge >= 0.3 is 5.97 Å². The Kier molecular flexibility index (Phi) is 3.86. The summed E-state index contributed by atoms with van der Waals surface area (Å²) in [5.41, 5.74) is 0.909. The maximum atomic E-state index is 12.1. The molecule has 2 heterocycles. The van der Waals surface area contributed by atoms with E-state index in [4.69, 9.17) is 4.74 Å². The molecule has 0 spiro atoms. The Morgan fingerprint density at radius 2 is 2.14 bits per heavy atom. The van der Waals surface area contributed by atoms with E-state index >= 15 is 0 Å². The first-order valence-electron chi connectivity index (χ1n) is 6.66. The molecule has 1 aromatic heterocycles. The summed E-state index contributed by atoms with van der Waals surface area (Å²) in [4.78, 5) is 29.8. The Morgan fingerprint density at radius 3 is 2.82 bits per heavy atom. The van der Waals surface area contributed by atoms with Crippen molar-refractivity contribution in [3.63, 3.8) is 0 Å². The summed E-state index contributed by atoms with van der Waals surface area (Å²) >= 11 is 1.34. The molecule has 3 rings (SSSR count). The number of carbonyl (C=O) groups is 1. The second-order valence-electron chi connectivity index (χ2n) is 5.02. The summed E-state index contributed by atoms with van der Waals surface area (Å²) in [5, 5.41) is 10.9. The molecule has 1 aliphatic rings. The summed E-state index contributed by atoms with van der Waals surface area (Å²) in [6.07, 6.45) is 0.827. The van der Waals surface area contributed by atoms with Crippen LogP contribution in [-0.4, -0.2) is 34.4 Å². The van der Waals surface area contributed by atoms with Gasteiger partial charge in [-0.3, -0.25) is 10.1 Å². The van der Waals surface area contributed by atoms with Crippen LogP contribution < -0.4 is 4.74 Å². The molecule has 7 nitrogen and oxygen atoms in total. The van der Waals surface area contributed by atoms with Gasteiger partial charge in [-0.15, -0.1) is 11.3 Å². The third-order valence-corrected chi connectivity index (χ3v) is 4.42. The van der Waals surface area contributed by atoms with Gasteiger partial charge in [0, 0.05) is 36.5 Å². The van der Waals surface area contributed by atoms with Crippen LogP contribution in [0.1, 0.15) is 20.4 Å². The lowest BCUT2D eigenvalue weighted by Gasteiger charge is -2.20. The second kappa shape index (κ2) is 5.82. The van der Waals surface area contributed by atoms with Gasteiger partial charge in [0.15, 0.2) is 0 Å². The van der Waals surface area contributed by atoms with Gasteiger partial charge in [0.25, 0.3) is 5.69 Å². The normalized spacial score (nSPS) is 14.4. The number of fused-ring (bicyclic) bond motifs is 1. The first-order valence-corrected chi connectivity index (χ1v) is 7.48. The van der Waals surface area contributed by atoms with Crippen LogP contribution in [0.2, 0.25) is 0 Å². The lowest BCUT2D eigenvalue weighted by Crippen LogP contribution is -2.25. The van der Waals surface area contributed by atoms with Gasteiger partial charge in [-0.1, -0.05) is 0 Å². The van der Waals surface area contributed by atoms with Crippen LogP contribution in [0.15, 0.2) is 24.3 Å². The minimum absolute atomic E-state index is 0.0486. The van der Waals surface area contributed by atoms with Gasteiger partial charge in [-0.2, -0.15) is 0 Å². The van der Waals surface area contributed by atoms with Crippen LogP contribution in [0.25, 0.3) is 0 Å². The molecule has 0 aliphatic carbocycles. The second-order valence-corrected chi connectivity index (χ2v) is 6.10. The quantitative estimate of drug-likeness (QED) is 0.373. The summed E-state index contributed by atoms with van der Waals surface area (Å²) in [7, 11) is 2.03. The Balaban J connectivity index is 1.73. The number of likely N-dealkylation sites (N-methyl/N-ethyl adjacent to an activating group) is 1. The van der Waals surface area contributed by atoms with E-state index in [2.05, 4.69) is 9.88 Å². The molecule has 22 heavy (non-hydrogen) atoms. The zero-order valence-corrected chi connectivity index (χ0v) is 12.6. The lowest BCUT2D eigenvalue weighted by molar-refractivity contribution is -0.384. The number of non-ortho nitro benzene ring substituents is 1. The van der Waals surface area contributed by atoms with Gasteiger partial charge in [-0.05, 0) is 19.2 Å². The average molecular weight is 319 g/mol. The number of hydrogen-bond donors (Lipinski definition) is 0. The molecule has 0 bridgehead atoms. The largest absolute Gasteiger partial charge is 0.421 e. The molecular weight excluding hydrogens is 306 g/mol. The highest BCUT2D eigenvalue weighted by Crippen LogP contribution is 2.26. The van der Waals surface area contributed by atoms with E-state index in [1.165, 1.54) is 35.6 Å². The highest BCUT2D eigenvalue weighted by Gasteiger charge is 2.22. The van der Waals surface area contributed by atoms with Crippen LogP contribution in [0.3, 0.4) is 0 Å². The third kappa shape index (κ3) is 2.97. The number of benzene rings is 1. The molecule has 0 amide bonds. The Hall–Kier alpha value is -2.32. The van der Waals surface area contributed by atoms with Crippen LogP contribution in [0, 0.1) is 10.1 Å². The average Bonchev–Trinajstić information content (AvgIpc) is 2.91. The van der Waals surface area contributed by atoms with Crippen molar-refractivity contribution in [3.05, 3.63) is 50.0 Å². The molecule has 0 atom stereocenters. The number of nitro groups is 1. The predicted molar refractivity (Wildman–Crippen MR) is 80.2 cm³/mol. The molecule has 0 fully saturated rings. The minimum Gasteiger partial charge on any atom is -0.421 e. The smallest absolute Gasteiger partial charge is 0.372 e.